The van der Waals surface area contributed by atoms with Crippen molar-refractivity contribution in [1.29, 1.82) is 0 Å². The zero-order chi connectivity index (χ0) is 19.4. The van der Waals surface area contributed by atoms with Crippen LogP contribution in [0.25, 0.3) is 11.3 Å². The third-order valence-corrected chi connectivity index (χ3v) is 4.97. The molecule has 144 valence electrons. The highest BCUT2D eigenvalue weighted by molar-refractivity contribution is 5.69. The largest absolute Gasteiger partial charge is 0.480 e. The summed E-state index contributed by atoms with van der Waals surface area (Å²) >= 11 is 0. The van der Waals surface area contributed by atoms with Gasteiger partial charge in [0.05, 0.1) is 23.6 Å². The zero-order valence-electron chi connectivity index (χ0n) is 15.1. The summed E-state index contributed by atoms with van der Waals surface area (Å²) in [6.07, 6.45) is 1.80. The maximum absolute atomic E-state index is 11.2. The normalized spacial score (nSPS) is 19.0. The number of nitro groups is 1. The molecule has 0 aliphatic heterocycles. The second-order valence-corrected chi connectivity index (χ2v) is 6.70. The number of para-hydroxylation sites is 1. The van der Waals surface area contributed by atoms with E-state index in [1.165, 1.54) is 6.07 Å². The van der Waals surface area contributed by atoms with E-state index in [0.29, 0.717) is 35.7 Å². The van der Waals surface area contributed by atoms with E-state index in [2.05, 4.69) is 5.32 Å². The monoisotopic (exact) mass is 373 g/mol. The number of nitrogens with zero attached hydrogens (tertiary/aromatic N) is 2. The Bertz CT molecular complexity index is 813. The maximum atomic E-state index is 11.2. The van der Waals surface area contributed by atoms with Crippen LogP contribution >= 0.6 is 0 Å². The number of carboxylic acids is 1. The molecule has 0 radical (unpaired) electrons. The number of hydrogen-bond donors (Lipinski definition) is 2. The van der Waals surface area contributed by atoms with Crippen molar-refractivity contribution in [3.63, 3.8) is 0 Å². The molecule has 1 aliphatic rings. The van der Waals surface area contributed by atoms with Gasteiger partial charge in [-0.15, -0.1) is 0 Å². The SMILES string of the molecule is CCN(CC(=O)O)C1CC(NCc2ccc(-c3ccccc3[N+](=O)[O-])o2)C1. The van der Waals surface area contributed by atoms with Crippen molar-refractivity contribution in [1.82, 2.24) is 10.2 Å². The molecule has 1 saturated carbocycles. The highest BCUT2D eigenvalue weighted by atomic mass is 16.6. The fourth-order valence-corrected chi connectivity index (χ4v) is 3.43. The Morgan fingerprint density at radius 3 is 2.74 bits per heavy atom. The number of furan rings is 1. The van der Waals surface area contributed by atoms with Gasteiger partial charge in [-0.3, -0.25) is 19.8 Å². The number of rotatable bonds is 9. The number of nitro benzene ring substituents is 1. The van der Waals surface area contributed by atoms with E-state index < -0.39 is 10.9 Å². The van der Waals surface area contributed by atoms with Crippen molar-refractivity contribution in [2.45, 2.75) is 38.4 Å². The number of benzene rings is 1. The minimum atomic E-state index is -0.800. The number of nitrogens with one attached hydrogen (secondary N) is 1. The fraction of sp³-hybridized carbons (Fsp3) is 0.421. The van der Waals surface area contributed by atoms with Gasteiger partial charge in [-0.1, -0.05) is 19.1 Å². The van der Waals surface area contributed by atoms with Crippen molar-refractivity contribution in [3.8, 4) is 11.3 Å². The molecule has 0 bridgehead atoms. The van der Waals surface area contributed by atoms with Crippen LogP contribution in [0.2, 0.25) is 0 Å². The molecule has 1 aromatic heterocycles. The summed E-state index contributed by atoms with van der Waals surface area (Å²) in [7, 11) is 0. The molecule has 27 heavy (non-hydrogen) atoms. The molecular formula is C19H23N3O5. The Morgan fingerprint density at radius 2 is 2.07 bits per heavy atom. The lowest BCUT2D eigenvalue weighted by molar-refractivity contribution is -0.384. The Balaban J connectivity index is 1.53. The Labute approximate surface area is 156 Å². The minimum Gasteiger partial charge on any atom is -0.480 e. The zero-order valence-corrected chi connectivity index (χ0v) is 15.1. The predicted molar refractivity (Wildman–Crippen MR) is 99.3 cm³/mol. The van der Waals surface area contributed by atoms with E-state index in [4.69, 9.17) is 9.52 Å². The van der Waals surface area contributed by atoms with Crippen LogP contribution < -0.4 is 5.32 Å². The molecule has 0 amide bonds. The van der Waals surface area contributed by atoms with Gasteiger partial charge < -0.3 is 14.8 Å². The highest BCUT2D eigenvalue weighted by Crippen LogP contribution is 2.31. The first-order chi connectivity index (χ1) is 13.0. The molecule has 1 heterocycles. The Morgan fingerprint density at radius 1 is 1.33 bits per heavy atom. The Kier molecular flexibility index (Phi) is 5.88. The minimum absolute atomic E-state index is 0.0197. The van der Waals surface area contributed by atoms with Gasteiger partial charge in [0.2, 0.25) is 0 Å². The molecule has 1 fully saturated rings. The van der Waals surface area contributed by atoms with E-state index in [-0.39, 0.29) is 12.2 Å². The van der Waals surface area contributed by atoms with Gasteiger partial charge in [0.15, 0.2) is 0 Å². The van der Waals surface area contributed by atoms with E-state index in [1.807, 2.05) is 17.9 Å². The molecule has 3 rings (SSSR count). The smallest absolute Gasteiger partial charge is 0.317 e. The molecule has 1 aromatic carbocycles. The quantitative estimate of drug-likeness (QED) is 0.514. The predicted octanol–water partition coefficient (Wildman–Crippen LogP) is 2.88. The van der Waals surface area contributed by atoms with Gasteiger partial charge in [-0.25, -0.2) is 0 Å². The van der Waals surface area contributed by atoms with Crippen molar-refractivity contribution in [2.75, 3.05) is 13.1 Å². The molecule has 0 saturated heterocycles. The lowest BCUT2D eigenvalue weighted by Crippen LogP contribution is -2.53. The molecule has 8 nitrogen and oxygen atoms in total. The average molecular weight is 373 g/mol. The van der Waals surface area contributed by atoms with E-state index in [1.54, 1.807) is 24.3 Å². The number of carboxylic acid groups (broad SMARTS) is 1. The molecule has 1 aliphatic carbocycles. The van der Waals surface area contributed by atoms with Gasteiger partial charge in [-0.05, 0) is 37.6 Å². The molecule has 8 heteroatoms. The van der Waals surface area contributed by atoms with Crippen molar-refractivity contribution < 1.29 is 19.2 Å². The number of likely N-dealkylation sites (N-methyl/N-ethyl adjacent to an activating group) is 1. The Hall–Kier alpha value is -2.71. The van der Waals surface area contributed by atoms with Crippen LogP contribution in [0.5, 0.6) is 0 Å². The number of carbonyl (C=O) groups is 1. The third kappa shape index (κ3) is 4.53. The summed E-state index contributed by atoms with van der Waals surface area (Å²) in [6, 6.07) is 10.7. The molecular weight excluding hydrogens is 350 g/mol. The van der Waals surface area contributed by atoms with Gasteiger partial charge in [0.25, 0.3) is 5.69 Å². The van der Waals surface area contributed by atoms with Gasteiger partial charge in [0.1, 0.15) is 11.5 Å². The van der Waals surface area contributed by atoms with Crippen molar-refractivity contribution in [2.24, 2.45) is 0 Å². The van der Waals surface area contributed by atoms with Crippen LogP contribution in [-0.2, 0) is 11.3 Å². The topological polar surface area (TPSA) is 109 Å². The molecule has 0 spiro atoms. The first-order valence-corrected chi connectivity index (χ1v) is 8.99. The van der Waals surface area contributed by atoms with E-state index in [9.17, 15) is 14.9 Å². The lowest BCUT2D eigenvalue weighted by atomic mass is 9.85. The summed E-state index contributed by atoms with van der Waals surface area (Å²) in [5, 5.41) is 23.5. The first kappa shape index (κ1) is 19.1. The molecule has 2 N–H and O–H groups in total. The van der Waals surface area contributed by atoms with Crippen LogP contribution in [0.15, 0.2) is 40.8 Å². The summed E-state index contributed by atoms with van der Waals surface area (Å²) in [4.78, 5) is 23.6. The van der Waals surface area contributed by atoms with Crippen molar-refractivity contribution in [3.05, 3.63) is 52.3 Å². The second kappa shape index (κ2) is 8.32. The standard InChI is InChI=1S/C19H23N3O5/c1-2-21(12-19(23)24)14-9-13(10-14)20-11-15-7-8-18(27-15)16-5-3-4-6-17(16)22(25)26/h3-8,13-14,20H,2,9-12H2,1H3,(H,23,24). The van der Waals surface area contributed by atoms with Crippen LogP contribution in [0, 0.1) is 10.1 Å². The van der Waals surface area contributed by atoms with Crippen molar-refractivity contribution >= 4 is 11.7 Å². The second-order valence-electron chi connectivity index (χ2n) is 6.70. The summed E-state index contributed by atoms with van der Waals surface area (Å²) < 4.78 is 5.77. The summed E-state index contributed by atoms with van der Waals surface area (Å²) in [6.45, 7) is 3.30. The van der Waals surface area contributed by atoms with Crippen LogP contribution in [0.1, 0.15) is 25.5 Å². The van der Waals surface area contributed by atoms with Crippen LogP contribution in [0.3, 0.4) is 0 Å². The van der Waals surface area contributed by atoms with Crippen LogP contribution in [0.4, 0.5) is 5.69 Å². The maximum Gasteiger partial charge on any atom is 0.317 e. The fourth-order valence-electron chi connectivity index (χ4n) is 3.43. The van der Waals surface area contributed by atoms with Gasteiger partial charge in [0, 0.05) is 18.2 Å². The molecule has 0 unspecified atom stereocenters. The van der Waals surface area contributed by atoms with E-state index in [0.717, 1.165) is 19.4 Å². The first-order valence-electron chi connectivity index (χ1n) is 8.99. The summed E-state index contributed by atoms with van der Waals surface area (Å²) in [5.41, 5.74) is 0.482. The average Bonchev–Trinajstić information content (AvgIpc) is 3.07. The molecule has 2 aromatic rings. The highest BCUT2D eigenvalue weighted by Gasteiger charge is 2.33. The van der Waals surface area contributed by atoms with Crippen LogP contribution in [-0.4, -0.2) is 46.1 Å². The van der Waals surface area contributed by atoms with E-state index >= 15 is 0 Å². The van der Waals surface area contributed by atoms with Gasteiger partial charge >= 0.3 is 5.97 Å². The lowest BCUT2D eigenvalue weighted by Gasteiger charge is -2.42. The summed E-state index contributed by atoms with van der Waals surface area (Å²) in [5.74, 6) is 0.389. The number of hydrogen-bond acceptors (Lipinski definition) is 6. The van der Waals surface area contributed by atoms with Gasteiger partial charge in [-0.2, -0.15) is 0 Å². The molecule has 0 atom stereocenters. The number of aliphatic carboxylic acids is 1. The third-order valence-electron chi connectivity index (χ3n) is 4.97.